The maximum atomic E-state index is 12.9. The lowest BCUT2D eigenvalue weighted by atomic mass is 9.96. The number of alkyl halides is 3. The molecule has 5 nitrogen and oxygen atoms in total. The van der Waals surface area contributed by atoms with E-state index in [4.69, 9.17) is 5.11 Å². The standard InChI is InChI=1S/C14H15F3N2O3/c1-8-4-2-3-5-11(8)18-13(22)19-6-9(12(20)21)10(7-19)14(15,16)17/h2-5,9-10H,6-7H2,1H3,(H,18,22)(H,20,21)/t9-,10-/m1/s1. The molecule has 0 spiro atoms. The van der Waals surface area contributed by atoms with Crippen LogP contribution in [-0.2, 0) is 4.79 Å². The molecule has 0 bridgehead atoms. The Hall–Kier alpha value is -2.25. The van der Waals surface area contributed by atoms with E-state index in [1.165, 1.54) is 0 Å². The fraction of sp³-hybridized carbons (Fsp3) is 0.429. The second-order valence-electron chi connectivity index (χ2n) is 5.24. The predicted octanol–water partition coefficient (Wildman–Crippen LogP) is 2.72. The molecule has 1 aromatic rings. The minimum Gasteiger partial charge on any atom is -0.481 e. The Morgan fingerprint density at radius 3 is 2.41 bits per heavy atom. The number of anilines is 1. The van der Waals surface area contributed by atoms with Crippen molar-refractivity contribution in [1.82, 2.24) is 4.90 Å². The van der Waals surface area contributed by atoms with Crippen LogP contribution in [0.3, 0.4) is 0 Å². The highest BCUT2D eigenvalue weighted by molar-refractivity contribution is 5.90. The van der Waals surface area contributed by atoms with Crippen molar-refractivity contribution < 1.29 is 27.9 Å². The number of nitrogens with one attached hydrogen (secondary N) is 1. The molecule has 1 saturated heterocycles. The molecule has 1 aliphatic rings. The molecule has 1 heterocycles. The molecule has 0 unspecified atom stereocenters. The number of carbonyl (C=O) groups excluding carboxylic acids is 1. The molecule has 2 amide bonds. The summed E-state index contributed by atoms with van der Waals surface area (Å²) in [6.07, 6.45) is -4.65. The number of nitrogens with zero attached hydrogens (tertiary/aromatic N) is 1. The lowest BCUT2D eigenvalue weighted by Crippen LogP contribution is -2.35. The van der Waals surface area contributed by atoms with Crippen molar-refractivity contribution in [2.24, 2.45) is 11.8 Å². The van der Waals surface area contributed by atoms with E-state index >= 15 is 0 Å². The predicted molar refractivity (Wildman–Crippen MR) is 72.4 cm³/mol. The number of hydrogen-bond acceptors (Lipinski definition) is 2. The average molecular weight is 316 g/mol. The number of hydrogen-bond donors (Lipinski definition) is 2. The summed E-state index contributed by atoms with van der Waals surface area (Å²) in [5.74, 6) is -5.23. The Kier molecular flexibility index (Phi) is 4.30. The number of carboxylic acid groups (broad SMARTS) is 1. The molecule has 0 aromatic heterocycles. The van der Waals surface area contributed by atoms with Gasteiger partial charge in [0.05, 0.1) is 11.8 Å². The molecule has 22 heavy (non-hydrogen) atoms. The lowest BCUT2D eigenvalue weighted by Gasteiger charge is -2.19. The summed E-state index contributed by atoms with van der Waals surface area (Å²) in [5.41, 5.74) is 1.24. The van der Waals surface area contributed by atoms with Gasteiger partial charge in [0.2, 0.25) is 0 Å². The molecule has 120 valence electrons. The van der Waals surface area contributed by atoms with Crippen LogP contribution in [-0.4, -0.2) is 41.3 Å². The normalized spacial score (nSPS) is 21.7. The summed E-state index contributed by atoms with van der Waals surface area (Å²) in [5, 5.41) is 11.4. The van der Waals surface area contributed by atoms with Crippen molar-refractivity contribution in [3.63, 3.8) is 0 Å². The van der Waals surface area contributed by atoms with E-state index in [1.54, 1.807) is 31.2 Å². The van der Waals surface area contributed by atoms with Crippen molar-refractivity contribution in [2.45, 2.75) is 13.1 Å². The summed E-state index contributed by atoms with van der Waals surface area (Å²) in [4.78, 5) is 23.9. The summed E-state index contributed by atoms with van der Waals surface area (Å²) < 4.78 is 38.6. The van der Waals surface area contributed by atoms with Gasteiger partial charge in [0.25, 0.3) is 0 Å². The fourth-order valence-corrected chi connectivity index (χ4v) is 2.46. The van der Waals surface area contributed by atoms with E-state index in [2.05, 4.69) is 5.32 Å². The smallest absolute Gasteiger partial charge is 0.394 e. The SMILES string of the molecule is Cc1ccccc1NC(=O)N1C[C@@H](C(F)(F)F)[C@H](C(=O)O)C1. The lowest BCUT2D eigenvalue weighted by molar-refractivity contribution is -0.187. The van der Waals surface area contributed by atoms with Crippen LogP contribution in [0.15, 0.2) is 24.3 Å². The molecule has 1 aromatic carbocycles. The quantitative estimate of drug-likeness (QED) is 0.881. The first-order valence-electron chi connectivity index (χ1n) is 6.61. The van der Waals surface area contributed by atoms with Gasteiger partial charge in [-0.05, 0) is 18.6 Å². The molecule has 1 fully saturated rings. The summed E-state index contributed by atoms with van der Waals surface area (Å²) in [6, 6.07) is 6.09. The van der Waals surface area contributed by atoms with Crippen LogP contribution in [0.4, 0.5) is 23.7 Å². The highest BCUT2D eigenvalue weighted by atomic mass is 19.4. The number of rotatable bonds is 2. The third-order valence-electron chi connectivity index (χ3n) is 3.73. The Labute approximate surface area is 124 Å². The second kappa shape index (κ2) is 5.86. The van der Waals surface area contributed by atoms with Gasteiger partial charge < -0.3 is 15.3 Å². The largest absolute Gasteiger partial charge is 0.481 e. The fourth-order valence-electron chi connectivity index (χ4n) is 2.46. The van der Waals surface area contributed by atoms with Gasteiger partial charge in [0, 0.05) is 18.8 Å². The summed E-state index contributed by atoms with van der Waals surface area (Å²) in [7, 11) is 0. The van der Waals surface area contributed by atoms with Crippen LogP contribution in [0.1, 0.15) is 5.56 Å². The van der Waals surface area contributed by atoms with E-state index in [0.29, 0.717) is 5.69 Å². The van der Waals surface area contributed by atoms with Gasteiger partial charge in [-0.25, -0.2) is 4.79 Å². The number of aryl methyl sites for hydroxylation is 1. The van der Waals surface area contributed by atoms with Crippen molar-refractivity contribution in [1.29, 1.82) is 0 Å². The molecule has 8 heteroatoms. The number of benzene rings is 1. The van der Waals surface area contributed by atoms with E-state index in [9.17, 15) is 22.8 Å². The number of para-hydroxylation sites is 1. The number of carboxylic acids is 1. The Balaban J connectivity index is 2.12. The maximum absolute atomic E-state index is 12.9. The van der Waals surface area contributed by atoms with Crippen molar-refractivity contribution in [3.05, 3.63) is 29.8 Å². The number of halogens is 3. The van der Waals surface area contributed by atoms with Gasteiger partial charge in [-0.1, -0.05) is 18.2 Å². The number of carbonyl (C=O) groups is 2. The van der Waals surface area contributed by atoms with Crippen molar-refractivity contribution in [2.75, 3.05) is 18.4 Å². The number of aliphatic carboxylic acids is 1. The highest BCUT2D eigenvalue weighted by Gasteiger charge is 2.53. The topological polar surface area (TPSA) is 69.6 Å². The Morgan fingerprint density at radius 2 is 1.91 bits per heavy atom. The first kappa shape index (κ1) is 16.1. The van der Waals surface area contributed by atoms with Gasteiger partial charge in [0.15, 0.2) is 0 Å². The van der Waals surface area contributed by atoms with Gasteiger partial charge in [-0.3, -0.25) is 4.79 Å². The zero-order chi connectivity index (χ0) is 16.5. The van der Waals surface area contributed by atoms with Crippen LogP contribution in [0.2, 0.25) is 0 Å². The van der Waals surface area contributed by atoms with Crippen LogP contribution in [0, 0.1) is 18.8 Å². The molecule has 2 rings (SSSR count). The number of amides is 2. The van der Waals surface area contributed by atoms with E-state index in [1.807, 2.05) is 0 Å². The van der Waals surface area contributed by atoms with Gasteiger partial charge in [-0.2, -0.15) is 13.2 Å². The minimum atomic E-state index is -4.65. The van der Waals surface area contributed by atoms with Crippen LogP contribution >= 0.6 is 0 Å². The van der Waals surface area contributed by atoms with Crippen molar-refractivity contribution in [3.8, 4) is 0 Å². The number of likely N-dealkylation sites (tertiary alicyclic amines) is 1. The first-order chi connectivity index (χ1) is 10.2. The number of urea groups is 1. The van der Waals surface area contributed by atoms with E-state index < -0.39 is 43.1 Å². The molecular weight excluding hydrogens is 301 g/mol. The molecule has 0 radical (unpaired) electrons. The van der Waals surface area contributed by atoms with Gasteiger partial charge in [0.1, 0.15) is 0 Å². The highest BCUT2D eigenvalue weighted by Crippen LogP contribution is 2.37. The van der Waals surface area contributed by atoms with Crippen LogP contribution < -0.4 is 5.32 Å². The monoisotopic (exact) mass is 316 g/mol. The molecular formula is C14H15F3N2O3. The van der Waals surface area contributed by atoms with Gasteiger partial charge in [-0.15, -0.1) is 0 Å². The maximum Gasteiger partial charge on any atom is 0.394 e. The third kappa shape index (κ3) is 3.32. The molecule has 0 aliphatic carbocycles. The van der Waals surface area contributed by atoms with Crippen LogP contribution in [0.25, 0.3) is 0 Å². The van der Waals surface area contributed by atoms with Gasteiger partial charge >= 0.3 is 18.2 Å². The summed E-state index contributed by atoms with van der Waals surface area (Å²) >= 11 is 0. The first-order valence-corrected chi connectivity index (χ1v) is 6.61. The van der Waals surface area contributed by atoms with Crippen molar-refractivity contribution >= 4 is 17.7 Å². The zero-order valence-corrected chi connectivity index (χ0v) is 11.7. The molecule has 2 atom stereocenters. The molecule has 2 N–H and O–H groups in total. The van der Waals surface area contributed by atoms with E-state index in [0.717, 1.165) is 10.5 Å². The van der Waals surface area contributed by atoms with E-state index in [-0.39, 0.29) is 0 Å². The minimum absolute atomic E-state index is 0.461. The zero-order valence-electron chi connectivity index (χ0n) is 11.7. The van der Waals surface area contributed by atoms with Crippen LogP contribution in [0.5, 0.6) is 0 Å². The third-order valence-corrected chi connectivity index (χ3v) is 3.73. The second-order valence-corrected chi connectivity index (χ2v) is 5.24. The Morgan fingerprint density at radius 1 is 1.27 bits per heavy atom. The Bertz CT molecular complexity index is 589. The summed E-state index contributed by atoms with van der Waals surface area (Å²) in [6.45, 7) is 0.633. The average Bonchev–Trinajstić information content (AvgIpc) is 2.86. The molecule has 0 saturated carbocycles. The molecule has 1 aliphatic heterocycles.